The third-order valence-corrected chi connectivity index (χ3v) is 6.34. The maximum absolute atomic E-state index is 12.1. The highest BCUT2D eigenvalue weighted by Crippen LogP contribution is 2.26. The van der Waals surface area contributed by atoms with E-state index in [0.717, 1.165) is 11.1 Å². The summed E-state index contributed by atoms with van der Waals surface area (Å²) < 4.78 is 38.2. The van der Waals surface area contributed by atoms with E-state index in [0.29, 0.717) is 17.9 Å². The number of rotatable bonds is 6. The van der Waals surface area contributed by atoms with Crippen molar-refractivity contribution in [2.75, 3.05) is 13.2 Å². The first-order valence-electron chi connectivity index (χ1n) is 8.76. The topological polar surface area (TPSA) is 88.4 Å². The zero-order chi connectivity index (χ0) is 19.4. The minimum absolute atomic E-state index is 0.282. The van der Waals surface area contributed by atoms with Gasteiger partial charge in [0.25, 0.3) is 0 Å². The molecule has 0 radical (unpaired) electrons. The smallest absolute Gasteiger partial charge is 0.214 e. The highest BCUT2D eigenvalue weighted by molar-refractivity contribution is 7.90. The number of nitrogens with one attached hydrogen (secondary N) is 1. The van der Waals surface area contributed by atoms with Crippen LogP contribution in [0.4, 0.5) is 0 Å². The average Bonchev–Trinajstić information content (AvgIpc) is 3.08. The van der Waals surface area contributed by atoms with Gasteiger partial charge in [-0.05, 0) is 43.2 Å². The molecule has 27 heavy (non-hydrogen) atoms. The SMILES string of the molecule is CC(C)S(=O)(=O)N[C@H]1COC[C@H]1Oc1ccc(-c2ccccc2C#N)cc1. The van der Waals surface area contributed by atoms with Gasteiger partial charge >= 0.3 is 0 Å². The van der Waals surface area contributed by atoms with E-state index in [9.17, 15) is 13.7 Å². The van der Waals surface area contributed by atoms with Crippen molar-refractivity contribution in [1.82, 2.24) is 4.72 Å². The van der Waals surface area contributed by atoms with Crippen LogP contribution in [0.25, 0.3) is 11.1 Å². The third-order valence-electron chi connectivity index (χ3n) is 4.46. The Hall–Kier alpha value is -2.40. The summed E-state index contributed by atoms with van der Waals surface area (Å²) in [5.41, 5.74) is 2.39. The normalized spacial score (nSPS) is 19.8. The highest BCUT2D eigenvalue weighted by Gasteiger charge is 2.34. The Bertz CT molecular complexity index is 933. The maximum atomic E-state index is 12.1. The molecule has 2 aromatic carbocycles. The van der Waals surface area contributed by atoms with Crippen LogP contribution in [0.15, 0.2) is 48.5 Å². The van der Waals surface area contributed by atoms with Crippen LogP contribution >= 0.6 is 0 Å². The standard InChI is InChI=1S/C20H22N2O4S/c1-14(2)27(23,24)22-19-12-25-13-20(19)26-17-9-7-15(8-10-17)18-6-4-3-5-16(18)11-21/h3-10,14,19-20,22H,12-13H2,1-2H3/t19-,20+/m0/s1. The van der Waals surface area contributed by atoms with Crippen LogP contribution in [0.5, 0.6) is 5.75 Å². The molecule has 0 bridgehead atoms. The summed E-state index contributed by atoms with van der Waals surface area (Å²) in [5, 5.41) is 8.72. The molecular weight excluding hydrogens is 364 g/mol. The van der Waals surface area contributed by atoms with Crippen LogP contribution in [0.1, 0.15) is 19.4 Å². The molecule has 1 saturated heterocycles. The molecule has 0 amide bonds. The minimum Gasteiger partial charge on any atom is -0.486 e. The predicted octanol–water partition coefficient (Wildman–Crippen LogP) is 2.70. The first-order chi connectivity index (χ1) is 12.9. The van der Waals surface area contributed by atoms with Gasteiger partial charge in [0, 0.05) is 0 Å². The molecule has 0 spiro atoms. The molecule has 0 aromatic heterocycles. The van der Waals surface area contributed by atoms with Gasteiger partial charge in [0.15, 0.2) is 0 Å². The molecule has 0 aliphatic carbocycles. The van der Waals surface area contributed by atoms with E-state index >= 15 is 0 Å². The maximum Gasteiger partial charge on any atom is 0.214 e. The molecule has 0 saturated carbocycles. The van der Waals surface area contributed by atoms with E-state index in [1.165, 1.54) is 0 Å². The van der Waals surface area contributed by atoms with Crippen molar-refractivity contribution < 1.29 is 17.9 Å². The summed E-state index contributed by atoms with van der Waals surface area (Å²) >= 11 is 0. The van der Waals surface area contributed by atoms with Crippen molar-refractivity contribution in [1.29, 1.82) is 5.26 Å². The number of nitriles is 1. The van der Waals surface area contributed by atoms with E-state index in [-0.39, 0.29) is 6.61 Å². The van der Waals surface area contributed by atoms with Gasteiger partial charge in [-0.3, -0.25) is 0 Å². The summed E-state index contributed by atoms with van der Waals surface area (Å²) in [6.07, 6.45) is -0.393. The summed E-state index contributed by atoms with van der Waals surface area (Å²) in [6, 6.07) is 16.6. The molecule has 1 fully saturated rings. The minimum atomic E-state index is -3.40. The summed E-state index contributed by atoms with van der Waals surface area (Å²) in [4.78, 5) is 0. The molecular formula is C20H22N2O4S. The van der Waals surface area contributed by atoms with Gasteiger partial charge < -0.3 is 9.47 Å². The molecule has 1 aliphatic rings. The van der Waals surface area contributed by atoms with Crippen molar-refractivity contribution in [3.05, 3.63) is 54.1 Å². The Labute approximate surface area is 159 Å². The monoisotopic (exact) mass is 386 g/mol. The Morgan fingerprint density at radius 3 is 2.52 bits per heavy atom. The molecule has 2 atom stereocenters. The Morgan fingerprint density at radius 1 is 1.15 bits per heavy atom. The number of benzene rings is 2. The zero-order valence-electron chi connectivity index (χ0n) is 15.3. The van der Waals surface area contributed by atoms with Crippen molar-refractivity contribution in [3.8, 4) is 22.9 Å². The van der Waals surface area contributed by atoms with E-state index in [1.807, 2.05) is 42.5 Å². The van der Waals surface area contributed by atoms with Crippen molar-refractivity contribution >= 4 is 10.0 Å². The fourth-order valence-electron chi connectivity index (χ4n) is 2.83. The second-order valence-corrected chi connectivity index (χ2v) is 8.96. The Balaban J connectivity index is 1.72. The molecule has 7 heteroatoms. The van der Waals surface area contributed by atoms with Crippen LogP contribution < -0.4 is 9.46 Å². The van der Waals surface area contributed by atoms with Gasteiger partial charge in [0.05, 0.1) is 36.1 Å². The first kappa shape index (κ1) is 19.4. The molecule has 1 N–H and O–H groups in total. The van der Waals surface area contributed by atoms with Crippen LogP contribution in [0.2, 0.25) is 0 Å². The lowest BCUT2D eigenvalue weighted by Crippen LogP contribution is -2.47. The average molecular weight is 386 g/mol. The van der Waals surface area contributed by atoms with Gasteiger partial charge in [0.1, 0.15) is 11.9 Å². The summed E-state index contributed by atoms with van der Waals surface area (Å²) in [6.45, 7) is 3.87. The molecule has 6 nitrogen and oxygen atoms in total. The Kier molecular flexibility index (Phi) is 5.80. The number of hydrogen-bond donors (Lipinski definition) is 1. The quantitative estimate of drug-likeness (QED) is 0.825. The fourth-order valence-corrected chi connectivity index (χ4v) is 3.74. The molecule has 1 heterocycles. The van der Waals surface area contributed by atoms with Gasteiger partial charge in [-0.2, -0.15) is 5.26 Å². The largest absolute Gasteiger partial charge is 0.486 e. The van der Waals surface area contributed by atoms with Crippen LogP contribution in [-0.2, 0) is 14.8 Å². The van der Waals surface area contributed by atoms with E-state index in [2.05, 4.69) is 10.8 Å². The fraction of sp³-hybridized carbons (Fsp3) is 0.350. The molecule has 1 aliphatic heterocycles. The van der Waals surface area contributed by atoms with Crippen LogP contribution in [0.3, 0.4) is 0 Å². The van der Waals surface area contributed by atoms with Crippen molar-refractivity contribution in [3.63, 3.8) is 0 Å². The summed E-state index contributed by atoms with van der Waals surface area (Å²) in [7, 11) is -3.40. The van der Waals surface area contributed by atoms with E-state index in [1.54, 1.807) is 19.9 Å². The summed E-state index contributed by atoms with van der Waals surface area (Å²) in [5.74, 6) is 0.623. The molecule has 142 valence electrons. The zero-order valence-corrected chi connectivity index (χ0v) is 16.1. The van der Waals surface area contributed by atoms with Crippen LogP contribution in [0, 0.1) is 11.3 Å². The highest BCUT2D eigenvalue weighted by atomic mass is 32.2. The second kappa shape index (κ2) is 8.09. The van der Waals surface area contributed by atoms with Gasteiger partial charge in [0.2, 0.25) is 10.0 Å². The Morgan fingerprint density at radius 2 is 1.85 bits per heavy atom. The van der Waals surface area contributed by atoms with Gasteiger partial charge in [-0.25, -0.2) is 13.1 Å². The molecule has 3 rings (SSSR count). The number of sulfonamides is 1. The lowest BCUT2D eigenvalue weighted by atomic mass is 10.0. The van der Waals surface area contributed by atoms with E-state index < -0.39 is 27.4 Å². The lowest BCUT2D eigenvalue weighted by Gasteiger charge is -2.21. The lowest BCUT2D eigenvalue weighted by molar-refractivity contribution is 0.140. The second-order valence-electron chi connectivity index (χ2n) is 6.69. The molecule has 0 unspecified atom stereocenters. The van der Waals surface area contributed by atoms with E-state index in [4.69, 9.17) is 9.47 Å². The molecule has 2 aromatic rings. The third kappa shape index (κ3) is 4.48. The van der Waals surface area contributed by atoms with Gasteiger partial charge in [-0.15, -0.1) is 0 Å². The number of hydrogen-bond acceptors (Lipinski definition) is 5. The predicted molar refractivity (Wildman–Crippen MR) is 103 cm³/mol. The number of nitrogens with zero attached hydrogens (tertiary/aromatic N) is 1. The van der Waals surface area contributed by atoms with Gasteiger partial charge in [-0.1, -0.05) is 30.3 Å². The first-order valence-corrected chi connectivity index (χ1v) is 10.3. The van der Waals surface area contributed by atoms with Crippen molar-refractivity contribution in [2.24, 2.45) is 0 Å². The number of ether oxygens (including phenoxy) is 2. The van der Waals surface area contributed by atoms with Crippen molar-refractivity contribution in [2.45, 2.75) is 31.2 Å². The van der Waals surface area contributed by atoms with Crippen LogP contribution in [-0.4, -0.2) is 39.0 Å².